The predicted octanol–water partition coefficient (Wildman–Crippen LogP) is 5.36. The number of hydrogen-bond donors (Lipinski definition) is 0. The fourth-order valence-electron chi connectivity index (χ4n) is 7.96. The molecule has 2 bridgehead atoms. The second-order valence-electron chi connectivity index (χ2n) is 12.3. The third-order valence-electron chi connectivity index (χ3n) is 9.90. The Labute approximate surface area is 240 Å². The van der Waals surface area contributed by atoms with Crippen LogP contribution in [-0.4, -0.2) is 46.5 Å². The summed E-state index contributed by atoms with van der Waals surface area (Å²) in [7, 11) is 4.71. The van der Waals surface area contributed by atoms with E-state index in [1.165, 1.54) is 6.42 Å². The zero-order valence-corrected chi connectivity index (χ0v) is 24.4. The molecule has 0 aromatic heterocycles. The quantitative estimate of drug-likeness (QED) is 0.411. The van der Waals surface area contributed by atoms with Crippen molar-refractivity contribution in [1.29, 1.82) is 0 Å². The van der Waals surface area contributed by atoms with Crippen molar-refractivity contribution in [2.75, 3.05) is 28.1 Å². The molecule has 0 radical (unpaired) electrons. The fraction of sp³-hybridized carbons (Fsp3) is 0.594. The molecule has 9 heteroatoms. The first-order chi connectivity index (χ1) is 19.8. The van der Waals surface area contributed by atoms with Gasteiger partial charge in [-0.3, -0.25) is 4.79 Å². The minimum absolute atomic E-state index is 0.0165. The number of fused-ring (bicyclic) bond motifs is 9. The Morgan fingerprint density at radius 1 is 0.951 bits per heavy atom. The Hall–Kier alpha value is -3.17. The normalized spacial score (nSPS) is 34.4. The number of esters is 1. The summed E-state index contributed by atoms with van der Waals surface area (Å²) < 4.78 is 48.4. The molecule has 1 aliphatic carbocycles. The van der Waals surface area contributed by atoms with Crippen LogP contribution in [0, 0.1) is 29.6 Å². The Balaban J connectivity index is 1.36. The Morgan fingerprint density at radius 3 is 2.32 bits per heavy atom. The van der Waals surface area contributed by atoms with Gasteiger partial charge in [0.2, 0.25) is 18.8 Å². The number of hydrogen-bond acceptors (Lipinski definition) is 9. The summed E-state index contributed by atoms with van der Waals surface area (Å²) in [5.41, 5.74) is 1.36. The van der Waals surface area contributed by atoms with E-state index in [9.17, 15) is 4.79 Å². The van der Waals surface area contributed by atoms with Crippen LogP contribution in [0.4, 0.5) is 0 Å². The molecule has 5 aliphatic rings. The van der Waals surface area contributed by atoms with Crippen molar-refractivity contribution < 1.29 is 42.7 Å². The highest BCUT2D eigenvalue weighted by Crippen LogP contribution is 2.69. The smallest absolute Gasteiger partial charge is 0.315 e. The van der Waals surface area contributed by atoms with E-state index in [4.69, 9.17) is 37.9 Å². The second kappa shape index (κ2) is 9.70. The number of carbonyl (C=O) groups excluding carboxylic acids is 1. The van der Waals surface area contributed by atoms with Crippen molar-refractivity contribution in [2.45, 2.75) is 64.1 Å². The number of cyclic esters (lactones) is 1. The van der Waals surface area contributed by atoms with Gasteiger partial charge in [0.05, 0.1) is 39.5 Å². The molecule has 0 spiro atoms. The number of carbonyl (C=O) groups is 1. The Morgan fingerprint density at radius 2 is 1.66 bits per heavy atom. The van der Waals surface area contributed by atoms with Crippen LogP contribution in [0.5, 0.6) is 28.7 Å². The molecule has 2 aromatic rings. The maximum absolute atomic E-state index is 13.9. The molecule has 8 atom stereocenters. The molecule has 9 nitrogen and oxygen atoms in total. The lowest BCUT2D eigenvalue weighted by Crippen LogP contribution is -2.41. The van der Waals surface area contributed by atoms with Gasteiger partial charge in [-0.2, -0.15) is 0 Å². The molecule has 6 unspecified atom stereocenters. The molecule has 41 heavy (non-hydrogen) atoms. The summed E-state index contributed by atoms with van der Waals surface area (Å²) in [5, 5.41) is 0. The average Bonchev–Trinajstić information content (AvgIpc) is 3.72. The van der Waals surface area contributed by atoms with Gasteiger partial charge >= 0.3 is 5.97 Å². The largest absolute Gasteiger partial charge is 0.493 e. The molecule has 4 aliphatic heterocycles. The standard InChI is InChI=1S/C32H38O9/c1-15(2)18-8-7-16(3)9-21(18)39-31-26-27(30(33)40-31)32(17-10-24(34-4)29(36-6)25(11-17)35-5)20-13-23-22(37-14-38-23)12-19(20)28(26)41-32/h10-13,15-16,18,21,26-28,31H,7-9,14H2,1-6H3/t16-,18+,21?,26?,27?,28?,31?,32?/m0/s1. The zero-order chi connectivity index (χ0) is 28.6. The number of methoxy groups -OCH3 is 3. The van der Waals surface area contributed by atoms with Gasteiger partial charge in [-0.15, -0.1) is 0 Å². The zero-order valence-electron chi connectivity index (χ0n) is 24.4. The molecule has 2 saturated heterocycles. The monoisotopic (exact) mass is 566 g/mol. The van der Waals surface area contributed by atoms with Gasteiger partial charge in [0.1, 0.15) is 11.5 Å². The van der Waals surface area contributed by atoms with Gasteiger partial charge in [-0.25, -0.2) is 0 Å². The van der Waals surface area contributed by atoms with Gasteiger partial charge in [0.25, 0.3) is 0 Å². The van der Waals surface area contributed by atoms with E-state index >= 15 is 0 Å². The van der Waals surface area contributed by atoms with E-state index in [1.54, 1.807) is 21.3 Å². The first-order valence-electron chi connectivity index (χ1n) is 14.6. The van der Waals surface area contributed by atoms with Crippen LogP contribution < -0.4 is 23.7 Å². The summed E-state index contributed by atoms with van der Waals surface area (Å²) in [6.07, 6.45) is 2.13. The first-order valence-corrected chi connectivity index (χ1v) is 14.6. The van der Waals surface area contributed by atoms with E-state index in [-0.39, 0.29) is 24.8 Å². The van der Waals surface area contributed by atoms with Gasteiger partial charge in [-0.1, -0.05) is 27.2 Å². The van der Waals surface area contributed by atoms with Gasteiger partial charge < -0.3 is 37.9 Å². The first kappa shape index (κ1) is 26.7. The summed E-state index contributed by atoms with van der Waals surface area (Å²) >= 11 is 0. The lowest BCUT2D eigenvalue weighted by Gasteiger charge is -2.39. The summed E-state index contributed by atoms with van der Waals surface area (Å²) in [5.74, 6) is 2.86. The molecule has 3 fully saturated rings. The predicted molar refractivity (Wildman–Crippen MR) is 146 cm³/mol. The van der Waals surface area contributed by atoms with Crippen molar-refractivity contribution in [3.05, 3.63) is 41.0 Å². The minimum Gasteiger partial charge on any atom is -0.493 e. The van der Waals surface area contributed by atoms with Crippen LogP contribution in [0.2, 0.25) is 0 Å². The molecular weight excluding hydrogens is 528 g/mol. The molecule has 4 heterocycles. The third-order valence-corrected chi connectivity index (χ3v) is 9.90. The van der Waals surface area contributed by atoms with E-state index in [0.29, 0.717) is 52.1 Å². The molecule has 0 amide bonds. The third kappa shape index (κ3) is 3.77. The van der Waals surface area contributed by atoms with Gasteiger partial charge in [0.15, 0.2) is 23.0 Å². The summed E-state index contributed by atoms with van der Waals surface area (Å²) in [6, 6.07) is 7.65. The highest BCUT2D eigenvalue weighted by Gasteiger charge is 2.72. The van der Waals surface area contributed by atoms with Crippen molar-refractivity contribution in [3.8, 4) is 28.7 Å². The molecule has 220 valence electrons. The van der Waals surface area contributed by atoms with Crippen LogP contribution >= 0.6 is 0 Å². The van der Waals surface area contributed by atoms with Crippen molar-refractivity contribution >= 4 is 5.97 Å². The second-order valence-corrected chi connectivity index (χ2v) is 12.3. The average molecular weight is 567 g/mol. The van der Waals surface area contributed by atoms with Crippen molar-refractivity contribution in [3.63, 3.8) is 0 Å². The van der Waals surface area contributed by atoms with Gasteiger partial charge in [-0.05, 0) is 71.6 Å². The number of ether oxygens (including phenoxy) is 8. The van der Waals surface area contributed by atoms with Crippen LogP contribution in [0.3, 0.4) is 0 Å². The Kier molecular flexibility index (Phi) is 6.32. The maximum atomic E-state index is 13.9. The summed E-state index contributed by atoms with van der Waals surface area (Å²) in [6.45, 7) is 6.92. The molecule has 7 rings (SSSR count). The van der Waals surface area contributed by atoms with Crippen LogP contribution in [0.25, 0.3) is 0 Å². The highest BCUT2D eigenvalue weighted by molar-refractivity contribution is 5.81. The number of rotatable bonds is 7. The molecule has 0 N–H and O–H groups in total. The molecule has 2 aromatic carbocycles. The molecule has 1 saturated carbocycles. The SMILES string of the molecule is COc1cc(C23OC(c4cc5c(cc42)OCO5)C2C(OC4C[C@@H](C)CC[C@@H]4C(C)C)OC(=O)C23)cc(OC)c1OC. The lowest BCUT2D eigenvalue weighted by atomic mass is 9.66. The van der Waals surface area contributed by atoms with E-state index in [1.807, 2.05) is 24.3 Å². The van der Waals surface area contributed by atoms with E-state index in [0.717, 1.165) is 24.0 Å². The highest BCUT2D eigenvalue weighted by atomic mass is 16.7. The van der Waals surface area contributed by atoms with Crippen molar-refractivity contribution in [2.24, 2.45) is 29.6 Å². The minimum atomic E-state index is -1.16. The van der Waals surface area contributed by atoms with Crippen molar-refractivity contribution in [1.82, 2.24) is 0 Å². The topological polar surface area (TPSA) is 90.9 Å². The van der Waals surface area contributed by atoms with E-state index < -0.39 is 23.9 Å². The van der Waals surface area contributed by atoms with E-state index in [2.05, 4.69) is 20.8 Å². The van der Waals surface area contributed by atoms with Crippen LogP contribution in [0.1, 0.15) is 62.8 Å². The Bertz CT molecular complexity index is 1350. The van der Waals surface area contributed by atoms with Crippen LogP contribution in [0.15, 0.2) is 24.3 Å². The summed E-state index contributed by atoms with van der Waals surface area (Å²) in [4.78, 5) is 13.9. The fourth-order valence-corrected chi connectivity index (χ4v) is 7.96. The molecular formula is C32H38O9. The lowest BCUT2D eigenvalue weighted by molar-refractivity contribution is -0.205. The maximum Gasteiger partial charge on any atom is 0.315 e. The van der Waals surface area contributed by atoms with Gasteiger partial charge in [0, 0.05) is 0 Å². The van der Waals surface area contributed by atoms with Crippen LogP contribution in [-0.2, 0) is 24.6 Å². The number of benzene rings is 2.